The number of nitrogens with zero attached hydrogens (tertiary/aromatic N) is 2. The highest BCUT2D eigenvalue weighted by Gasteiger charge is 2.21. The van der Waals surface area contributed by atoms with Crippen molar-refractivity contribution in [2.24, 2.45) is 0 Å². The van der Waals surface area contributed by atoms with E-state index in [4.69, 9.17) is 4.98 Å². The summed E-state index contributed by atoms with van der Waals surface area (Å²) in [7, 11) is 0. The molecule has 1 aromatic heterocycles. The molecule has 0 spiro atoms. The zero-order valence-corrected chi connectivity index (χ0v) is 18.5. The zero-order chi connectivity index (χ0) is 21.1. The summed E-state index contributed by atoms with van der Waals surface area (Å²) >= 11 is 1.59. The normalized spacial score (nSPS) is 11.0. The maximum absolute atomic E-state index is 13.4. The number of carbonyl (C=O) groups is 1. The van der Waals surface area contributed by atoms with Crippen molar-refractivity contribution in [3.63, 3.8) is 0 Å². The van der Waals surface area contributed by atoms with Crippen molar-refractivity contribution in [3.8, 4) is 0 Å². The van der Waals surface area contributed by atoms with E-state index in [-0.39, 0.29) is 5.91 Å². The van der Waals surface area contributed by atoms with Gasteiger partial charge in [0.15, 0.2) is 5.13 Å². The Morgan fingerprint density at radius 3 is 2.47 bits per heavy atom. The lowest BCUT2D eigenvalue weighted by atomic mass is 10.0. The average molecular weight is 415 g/mol. The van der Waals surface area contributed by atoms with Crippen molar-refractivity contribution in [2.45, 2.75) is 40.2 Å². The number of para-hydroxylation sites is 1. The topological polar surface area (TPSA) is 33.2 Å². The molecule has 4 rings (SSSR count). The molecular formula is C26H26N2OS. The fourth-order valence-electron chi connectivity index (χ4n) is 3.61. The Kier molecular flexibility index (Phi) is 5.96. The van der Waals surface area contributed by atoms with Gasteiger partial charge in [0, 0.05) is 0 Å². The van der Waals surface area contributed by atoms with Crippen LogP contribution < -0.4 is 4.90 Å². The molecule has 0 bridgehead atoms. The maximum Gasteiger partial charge on any atom is 0.233 e. The maximum atomic E-state index is 13.4. The minimum atomic E-state index is 0.0687. The Morgan fingerprint density at radius 1 is 0.933 bits per heavy atom. The molecule has 0 atom stereocenters. The number of hydrogen-bond donors (Lipinski definition) is 0. The summed E-state index contributed by atoms with van der Waals surface area (Å²) in [6.45, 7) is 6.84. The Labute approximate surface area is 182 Å². The lowest BCUT2D eigenvalue weighted by Gasteiger charge is -2.20. The molecule has 0 aliphatic heterocycles. The summed E-state index contributed by atoms with van der Waals surface area (Å²) in [5, 5.41) is 0.767. The Balaban J connectivity index is 1.70. The second-order valence-electron chi connectivity index (χ2n) is 7.67. The molecule has 0 aliphatic rings. The van der Waals surface area contributed by atoms with Gasteiger partial charge in [0.05, 0.1) is 23.2 Å². The van der Waals surface area contributed by atoms with E-state index in [1.54, 1.807) is 11.3 Å². The molecule has 3 aromatic carbocycles. The molecule has 0 unspecified atom stereocenters. The summed E-state index contributed by atoms with van der Waals surface area (Å²) in [4.78, 5) is 20.2. The molecule has 0 fully saturated rings. The van der Waals surface area contributed by atoms with Crippen LogP contribution in [0.5, 0.6) is 0 Å². The van der Waals surface area contributed by atoms with Gasteiger partial charge in [-0.25, -0.2) is 4.98 Å². The van der Waals surface area contributed by atoms with Crippen LogP contribution in [0.15, 0.2) is 66.7 Å². The van der Waals surface area contributed by atoms with Crippen molar-refractivity contribution in [3.05, 3.63) is 94.5 Å². The average Bonchev–Trinajstić information content (AvgIpc) is 3.19. The molecule has 0 saturated heterocycles. The molecule has 152 valence electrons. The number of fused-ring (bicyclic) bond motifs is 1. The number of amides is 1. The van der Waals surface area contributed by atoms with E-state index in [0.717, 1.165) is 32.9 Å². The van der Waals surface area contributed by atoms with E-state index < -0.39 is 0 Å². The van der Waals surface area contributed by atoms with Crippen LogP contribution in [0.2, 0.25) is 0 Å². The van der Waals surface area contributed by atoms with Crippen molar-refractivity contribution in [2.75, 3.05) is 4.90 Å². The Hall–Kier alpha value is -2.98. The van der Waals surface area contributed by atoms with Crippen LogP contribution in [-0.4, -0.2) is 10.9 Å². The fraction of sp³-hybridized carbons (Fsp3) is 0.231. The van der Waals surface area contributed by atoms with Crippen LogP contribution >= 0.6 is 11.3 Å². The first-order chi connectivity index (χ1) is 14.5. The second kappa shape index (κ2) is 8.80. The molecular weight excluding hydrogens is 388 g/mol. The van der Waals surface area contributed by atoms with Gasteiger partial charge < -0.3 is 0 Å². The minimum Gasteiger partial charge on any atom is -0.283 e. The van der Waals surface area contributed by atoms with E-state index in [1.807, 2.05) is 23.1 Å². The van der Waals surface area contributed by atoms with Gasteiger partial charge in [0.1, 0.15) is 0 Å². The summed E-state index contributed by atoms with van der Waals surface area (Å²) in [6, 6.07) is 22.7. The number of aromatic nitrogens is 1. The molecule has 1 heterocycles. The number of rotatable bonds is 6. The second-order valence-corrected chi connectivity index (χ2v) is 8.68. The SMILES string of the molecule is CCc1cccc2sc(N(Cc3ccccc3)C(=O)Cc3ccc(C)c(C)c3)nc12. The first kappa shape index (κ1) is 20.3. The van der Waals surface area contributed by atoms with Crippen molar-refractivity contribution in [1.82, 2.24) is 4.98 Å². The summed E-state index contributed by atoms with van der Waals surface area (Å²) in [5.74, 6) is 0.0687. The highest BCUT2D eigenvalue weighted by atomic mass is 32.1. The predicted molar refractivity (Wildman–Crippen MR) is 126 cm³/mol. The molecule has 30 heavy (non-hydrogen) atoms. The molecule has 4 heteroatoms. The number of aryl methyl sites for hydroxylation is 3. The summed E-state index contributed by atoms with van der Waals surface area (Å²) in [5.41, 5.74) is 6.82. The first-order valence-corrected chi connectivity index (χ1v) is 11.2. The quantitative estimate of drug-likeness (QED) is 0.373. The van der Waals surface area contributed by atoms with Gasteiger partial charge in [-0.15, -0.1) is 0 Å². The number of hydrogen-bond acceptors (Lipinski definition) is 3. The van der Waals surface area contributed by atoms with Crippen LogP contribution in [-0.2, 0) is 24.2 Å². The molecule has 0 N–H and O–H groups in total. The predicted octanol–water partition coefficient (Wildman–Crippen LogP) is 6.25. The van der Waals surface area contributed by atoms with Gasteiger partial charge in [-0.2, -0.15) is 0 Å². The van der Waals surface area contributed by atoms with Crippen LogP contribution in [0.1, 0.15) is 34.7 Å². The van der Waals surface area contributed by atoms with Gasteiger partial charge in [-0.05, 0) is 54.2 Å². The van der Waals surface area contributed by atoms with E-state index in [0.29, 0.717) is 13.0 Å². The monoisotopic (exact) mass is 414 g/mol. The molecule has 0 radical (unpaired) electrons. The minimum absolute atomic E-state index is 0.0687. The van der Waals surface area contributed by atoms with Crippen molar-refractivity contribution in [1.29, 1.82) is 0 Å². The van der Waals surface area contributed by atoms with Gasteiger partial charge in [-0.1, -0.05) is 78.9 Å². The summed E-state index contributed by atoms with van der Waals surface area (Å²) in [6.07, 6.45) is 1.29. The molecule has 3 nitrogen and oxygen atoms in total. The van der Waals surface area contributed by atoms with Gasteiger partial charge in [-0.3, -0.25) is 9.69 Å². The molecule has 4 aromatic rings. The van der Waals surface area contributed by atoms with Gasteiger partial charge in [0.25, 0.3) is 0 Å². The van der Waals surface area contributed by atoms with Gasteiger partial charge >= 0.3 is 0 Å². The fourth-order valence-corrected chi connectivity index (χ4v) is 4.64. The first-order valence-electron chi connectivity index (χ1n) is 10.3. The van der Waals surface area contributed by atoms with E-state index in [1.165, 1.54) is 16.7 Å². The van der Waals surface area contributed by atoms with Crippen molar-refractivity contribution >= 4 is 32.6 Å². The third kappa shape index (κ3) is 4.29. The Morgan fingerprint density at radius 2 is 1.73 bits per heavy atom. The smallest absolute Gasteiger partial charge is 0.233 e. The lowest BCUT2D eigenvalue weighted by molar-refractivity contribution is -0.118. The van der Waals surface area contributed by atoms with E-state index in [2.05, 4.69) is 69.3 Å². The van der Waals surface area contributed by atoms with Crippen LogP contribution in [0.25, 0.3) is 10.2 Å². The third-order valence-electron chi connectivity index (χ3n) is 5.51. The number of anilines is 1. The van der Waals surface area contributed by atoms with E-state index >= 15 is 0 Å². The zero-order valence-electron chi connectivity index (χ0n) is 17.7. The Bertz CT molecular complexity index is 1180. The van der Waals surface area contributed by atoms with E-state index in [9.17, 15) is 4.79 Å². The highest BCUT2D eigenvalue weighted by molar-refractivity contribution is 7.22. The number of thiazole rings is 1. The molecule has 1 amide bonds. The van der Waals surface area contributed by atoms with Gasteiger partial charge in [0.2, 0.25) is 5.91 Å². The number of carbonyl (C=O) groups excluding carboxylic acids is 1. The lowest BCUT2D eigenvalue weighted by Crippen LogP contribution is -2.31. The van der Waals surface area contributed by atoms with Crippen LogP contribution in [0.4, 0.5) is 5.13 Å². The highest BCUT2D eigenvalue weighted by Crippen LogP contribution is 2.32. The van der Waals surface area contributed by atoms with Crippen molar-refractivity contribution < 1.29 is 4.79 Å². The van der Waals surface area contributed by atoms with Crippen LogP contribution in [0.3, 0.4) is 0 Å². The molecule has 0 aliphatic carbocycles. The third-order valence-corrected chi connectivity index (χ3v) is 6.56. The standard InChI is InChI=1S/C26H26N2OS/c1-4-22-11-8-12-23-25(22)27-26(30-23)28(17-20-9-6-5-7-10-20)24(29)16-21-14-13-18(2)19(3)15-21/h5-15H,4,16-17H2,1-3H3. The summed E-state index contributed by atoms with van der Waals surface area (Å²) < 4.78 is 1.13. The van der Waals surface area contributed by atoms with Crippen LogP contribution in [0, 0.1) is 13.8 Å². The number of benzene rings is 3. The largest absolute Gasteiger partial charge is 0.283 e. The molecule has 0 saturated carbocycles.